The summed E-state index contributed by atoms with van der Waals surface area (Å²) in [6, 6.07) is 0. The molecule has 0 fully saturated rings. The van der Waals surface area contributed by atoms with Gasteiger partial charge in [-0.2, -0.15) is 0 Å². The molecule has 0 rings (SSSR count). The van der Waals surface area contributed by atoms with Crippen molar-refractivity contribution in [3.05, 3.63) is 23.8 Å². The highest BCUT2D eigenvalue weighted by Gasteiger charge is 2.21. The second-order valence-electron chi connectivity index (χ2n) is 11.6. The molecular weight excluding hydrogens is 606 g/mol. The molecule has 0 aliphatic rings. The molecule has 0 saturated carbocycles. The Balaban J connectivity index is 4.46. The van der Waals surface area contributed by atoms with Gasteiger partial charge in [-0.15, -0.1) is 0 Å². The molecule has 5 N–H and O–H groups in total. The van der Waals surface area contributed by atoms with Crippen molar-refractivity contribution in [1.29, 1.82) is 0 Å². The number of carboxylic acid groups (broad SMARTS) is 1. The summed E-state index contributed by atoms with van der Waals surface area (Å²) in [5.74, 6) is -0.338. The number of halogens is 1. The number of aliphatic hydroxyl groups excluding tert-OH is 3. The van der Waals surface area contributed by atoms with Crippen LogP contribution in [0.5, 0.6) is 0 Å². The van der Waals surface area contributed by atoms with Crippen molar-refractivity contribution in [3.63, 3.8) is 0 Å². The van der Waals surface area contributed by atoms with Crippen LogP contribution in [0.3, 0.4) is 0 Å². The van der Waals surface area contributed by atoms with Crippen molar-refractivity contribution in [2.75, 3.05) is 25.6 Å². The minimum atomic E-state index is -1.11. The highest BCUT2D eigenvalue weighted by atomic mass is 79.9. The van der Waals surface area contributed by atoms with Crippen LogP contribution in [0.15, 0.2) is 23.8 Å². The smallest absolute Gasteiger partial charge is 0.306 e. The van der Waals surface area contributed by atoms with Crippen LogP contribution in [0, 0.1) is 17.8 Å². The van der Waals surface area contributed by atoms with E-state index in [0.717, 1.165) is 44.1 Å². The SMILES string of the molecule is CC[C@@H](/C=C/C=C(/CC[C@@H](O)[C@@H](O)C[C@H](O)CNC(=O)CBr)COC)CCCC(=O)CCCC[C@@H](C)C[C@H](C)C(=O)O. The van der Waals surface area contributed by atoms with E-state index in [9.17, 15) is 29.7 Å². The van der Waals surface area contributed by atoms with Crippen molar-refractivity contribution >= 4 is 33.6 Å². The third kappa shape index (κ3) is 21.2. The Morgan fingerprint density at radius 3 is 2.24 bits per heavy atom. The number of nitrogens with one attached hydrogen (secondary N) is 1. The van der Waals surface area contributed by atoms with Gasteiger partial charge in [0.2, 0.25) is 5.91 Å². The molecule has 1 amide bonds. The second-order valence-corrected chi connectivity index (χ2v) is 12.1. The Morgan fingerprint density at radius 2 is 1.62 bits per heavy atom. The lowest BCUT2D eigenvalue weighted by molar-refractivity contribution is -0.141. The lowest BCUT2D eigenvalue weighted by Gasteiger charge is -2.21. The van der Waals surface area contributed by atoms with Crippen molar-refractivity contribution in [2.45, 2.75) is 116 Å². The average molecular weight is 663 g/mol. The van der Waals surface area contributed by atoms with Gasteiger partial charge in [0.25, 0.3) is 0 Å². The van der Waals surface area contributed by atoms with E-state index in [1.165, 1.54) is 0 Å². The van der Waals surface area contributed by atoms with E-state index in [-0.39, 0.29) is 30.1 Å². The van der Waals surface area contributed by atoms with Crippen molar-refractivity contribution in [2.24, 2.45) is 17.8 Å². The van der Waals surface area contributed by atoms with Crippen LogP contribution in [0.1, 0.15) is 97.8 Å². The lowest BCUT2D eigenvalue weighted by atomic mass is 9.92. The molecule has 0 heterocycles. The number of amides is 1. The van der Waals surface area contributed by atoms with Crippen LogP contribution in [0.4, 0.5) is 0 Å². The largest absolute Gasteiger partial charge is 0.481 e. The number of hydrogen-bond acceptors (Lipinski definition) is 7. The summed E-state index contributed by atoms with van der Waals surface area (Å²) in [6.45, 7) is 6.35. The van der Waals surface area contributed by atoms with Gasteiger partial charge in [-0.1, -0.05) is 67.8 Å². The van der Waals surface area contributed by atoms with Crippen LogP contribution in [0.2, 0.25) is 0 Å². The molecular formula is C32H56BrNO8. The molecule has 0 saturated heterocycles. The van der Waals surface area contributed by atoms with Crippen LogP contribution in [0.25, 0.3) is 0 Å². The molecule has 42 heavy (non-hydrogen) atoms. The molecule has 0 radical (unpaired) electrons. The Kier molecular flexibility index (Phi) is 23.9. The number of carbonyl (C=O) groups is 3. The summed E-state index contributed by atoms with van der Waals surface area (Å²) in [5.41, 5.74) is 0.974. The van der Waals surface area contributed by atoms with Gasteiger partial charge in [0.05, 0.1) is 36.2 Å². The van der Waals surface area contributed by atoms with Gasteiger partial charge < -0.3 is 30.5 Å². The minimum absolute atomic E-state index is 0.0109. The van der Waals surface area contributed by atoms with E-state index in [1.807, 2.05) is 12.2 Å². The number of unbranched alkanes of at least 4 members (excludes halogenated alkanes) is 1. The molecule has 10 heteroatoms. The van der Waals surface area contributed by atoms with Crippen LogP contribution in [-0.4, -0.2) is 82.0 Å². The maximum absolute atomic E-state index is 12.3. The average Bonchev–Trinajstić information content (AvgIpc) is 2.95. The van der Waals surface area contributed by atoms with E-state index in [4.69, 9.17) is 9.84 Å². The van der Waals surface area contributed by atoms with Crippen LogP contribution >= 0.6 is 15.9 Å². The molecule has 6 atom stereocenters. The second kappa shape index (κ2) is 24.8. The number of ketones is 1. The topological polar surface area (TPSA) is 153 Å². The number of Topliss-reactive ketones (excluding diaryl/α,β-unsaturated/α-hetero) is 1. The van der Waals surface area contributed by atoms with Gasteiger partial charge in [0.15, 0.2) is 0 Å². The first kappa shape index (κ1) is 40.4. The fourth-order valence-electron chi connectivity index (χ4n) is 4.82. The molecule has 0 aliphatic carbocycles. The van der Waals surface area contributed by atoms with E-state index in [2.05, 4.69) is 41.2 Å². The first-order chi connectivity index (χ1) is 19.9. The molecule has 0 aliphatic heterocycles. The number of aliphatic hydroxyl groups is 3. The van der Waals surface area contributed by atoms with E-state index in [0.29, 0.717) is 56.3 Å². The maximum atomic E-state index is 12.3. The Morgan fingerprint density at radius 1 is 0.929 bits per heavy atom. The normalized spacial score (nSPS) is 16.5. The molecule has 9 nitrogen and oxygen atoms in total. The van der Waals surface area contributed by atoms with Crippen LogP contribution in [-0.2, 0) is 19.1 Å². The maximum Gasteiger partial charge on any atom is 0.306 e. The van der Waals surface area contributed by atoms with Crippen molar-refractivity contribution in [3.8, 4) is 0 Å². The molecule has 0 aromatic carbocycles. The monoisotopic (exact) mass is 661 g/mol. The highest BCUT2D eigenvalue weighted by molar-refractivity contribution is 9.09. The van der Waals surface area contributed by atoms with E-state index < -0.39 is 24.3 Å². The summed E-state index contributed by atoms with van der Waals surface area (Å²) in [5, 5.41) is 42.3. The van der Waals surface area contributed by atoms with E-state index >= 15 is 0 Å². The summed E-state index contributed by atoms with van der Waals surface area (Å²) in [6.07, 6.45) is 11.2. The standard InChI is InChI=1S/C32H56BrNO8/c1-5-25(12-9-15-27(35)14-7-6-10-23(2)18-24(3)32(40)41)11-8-13-26(22-42-4)16-17-29(37)30(38)19-28(36)21-34-31(39)20-33/h8,11,13,23-25,28-30,36-38H,5-7,9-10,12,14-22H2,1-4H3,(H,34,39)(H,40,41)/b11-8+,26-13-/t23-,24+,25+,28+,29-,30+/m1/s1. The molecule has 0 aromatic rings. The Hall–Kier alpha value is -1.59. The fourth-order valence-corrected chi connectivity index (χ4v) is 5.02. The van der Waals surface area contributed by atoms with Gasteiger partial charge in [-0.3, -0.25) is 14.4 Å². The number of aliphatic carboxylic acids is 1. The Bertz CT molecular complexity index is 818. The van der Waals surface area contributed by atoms with Crippen LogP contribution < -0.4 is 5.32 Å². The number of allylic oxidation sites excluding steroid dienone is 3. The molecule has 0 aromatic heterocycles. The number of ether oxygens (including phenoxy) is 1. The summed E-state index contributed by atoms with van der Waals surface area (Å²) >= 11 is 3.02. The molecule has 0 spiro atoms. The summed E-state index contributed by atoms with van der Waals surface area (Å²) in [7, 11) is 1.60. The highest BCUT2D eigenvalue weighted by Crippen LogP contribution is 2.20. The number of rotatable bonds is 26. The predicted molar refractivity (Wildman–Crippen MR) is 169 cm³/mol. The summed E-state index contributed by atoms with van der Waals surface area (Å²) in [4.78, 5) is 34.6. The van der Waals surface area contributed by atoms with Gasteiger partial charge >= 0.3 is 5.97 Å². The third-order valence-corrected chi connectivity index (χ3v) is 8.06. The fraction of sp³-hybridized carbons (Fsp3) is 0.781. The number of methoxy groups -OCH3 is 1. The predicted octanol–water partition coefficient (Wildman–Crippen LogP) is 4.95. The Labute approximate surface area is 261 Å². The molecule has 0 unspecified atom stereocenters. The van der Waals surface area contributed by atoms with E-state index in [1.54, 1.807) is 14.0 Å². The number of alkyl halides is 1. The quantitative estimate of drug-likeness (QED) is 0.0496. The first-order valence-electron chi connectivity index (χ1n) is 15.4. The third-order valence-electron chi connectivity index (χ3n) is 7.56. The van der Waals surface area contributed by atoms with Gasteiger partial charge in [-0.25, -0.2) is 0 Å². The van der Waals surface area contributed by atoms with Crippen molar-refractivity contribution in [1.82, 2.24) is 5.32 Å². The molecule has 0 bridgehead atoms. The number of carbonyl (C=O) groups excluding carboxylic acids is 2. The zero-order valence-electron chi connectivity index (χ0n) is 26.1. The van der Waals surface area contributed by atoms with Gasteiger partial charge in [0, 0.05) is 32.9 Å². The zero-order valence-corrected chi connectivity index (χ0v) is 27.7. The zero-order chi connectivity index (χ0) is 31.9. The lowest BCUT2D eigenvalue weighted by Crippen LogP contribution is -2.37. The summed E-state index contributed by atoms with van der Waals surface area (Å²) < 4.78 is 5.29. The molecule has 244 valence electrons. The first-order valence-corrected chi connectivity index (χ1v) is 16.5. The number of hydrogen-bond donors (Lipinski definition) is 5. The van der Waals surface area contributed by atoms with Gasteiger partial charge in [-0.05, 0) is 62.4 Å². The van der Waals surface area contributed by atoms with Gasteiger partial charge in [0.1, 0.15) is 5.78 Å². The van der Waals surface area contributed by atoms with Crippen molar-refractivity contribution < 1.29 is 39.5 Å². The number of carboxylic acids is 1. The minimum Gasteiger partial charge on any atom is -0.481 e.